The first-order valence-electron chi connectivity index (χ1n) is 7.43. The van der Waals surface area contributed by atoms with Gasteiger partial charge in [-0.3, -0.25) is 0 Å². The highest BCUT2D eigenvalue weighted by atomic mass is 32.1. The van der Waals surface area contributed by atoms with Crippen molar-refractivity contribution >= 4 is 11.3 Å². The molecule has 0 radical (unpaired) electrons. The largest absolute Gasteiger partial charge is 0.312 e. The van der Waals surface area contributed by atoms with E-state index in [0.717, 1.165) is 32.6 Å². The highest BCUT2D eigenvalue weighted by Gasteiger charge is 2.18. The lowest BCUT2D eigenvalue weighted by Crippen LogP contribution is -2.34. The molecule has 3 heteroatoms. The average Bonchev–Trinajstić information content (AvgIpc) is 2.95. The smallest absolute Gasteiger partial charge is 0.0300 e. The maximum atomic E-state index is 3.62. The van der Waals surface area contributed by atoms with Crippen LogP contribution in [0.4, 0.5) is 0 Å². The molecule has 0 bridgehead atoms. The highest BCUT2D eigenvalue weighted by Crippen LogP contribution is 2.23. The Hall–Kier alpha value is -1.16. The summed E-state index contributed by atoms with van der Waals surface area (Å²) in [6.07, 6.45) is 1.14. The van der Waals surface area contributed by atoms with Crippen LogP contribution in [0.2, 0.25) is 0 Å². The predicted molar refractivity (Wildman–Crippen MR) is 86.3 cm³/mol. The molecule has 1 aliphatic rings. The van der Waals surface area contributed by atoms with Gasteiger partial charge < -0.3 is 10.6 Å². The van der Waals surface area contributed by atoms with Crippen LogP contribution < -0.4 is 10.6 Å². The average molecular weight is 286 g/mol. The fourth-order valence-corrected chi connectivity index (χ4v) is 3.77. The molecule has 0 saturated heterocycles. The summed E-state index contributed by atoms with van der Waals surface area (Å²) < 4.78 is 0. The van der Waals surface area contributed by atoms with E-state index in [-0.39, 0.29) is 0 Å². The summed E-state index contributed by atoms with van der Waals surface area (Å²) in [4.78, 5) is 2.92. The molecule has 2 nitrogen and oxygen atoms in total. The summed E-state index contributed by atoms with van der Waals surface area (Å²) in [5.74, 6) is 0.588. The standard InChI is InChI=1S/C17H22N2S/c1-2-15-7-8-16(20-15)12-19-11-14-10-18-9-13-5-3-4-6-17(13)14/h3-8,14,18-19H,2,9-12H2,1H3. The number of thiophene rings is 1. The van der Waals surface area contributed by atoms with Gasteiger partial charge in [0.15, 0.2) is 0 Å². The molecule has 20 heavy (non-hydrogen) atoms. The van der Waals surface area contributed by atoms with Crippen molar-refractivity contribution < 1.29 is 0 Å². The number of rotatable bonds is 5. The van der Waals surface area contributed by atoms with Crippen molar-refractivity contribution in [3.63, 3.8) is 0 Å². The molecule has 106 valence electrons. The fourth-order valence-electron chi connectivity index (χ4n) is 2.84. The lowest BCUT2D eigenvalue weighted by atomic mass is 9.91. The molecule has 1 aromatic carbocycles. The third kappa shape index (κ3) is 3.11. The van der Waals surface area contributed by atoms with E-state index in [0.29, 0.717) is 5.92 Å². The van der Waals surface area contributed by atoms with Gasteiger partial charge >= 0.3 is 0 Å². The zero-order valence-corrected chi connectivity index (χ0v) is 12.8. The minimum atomic E-state index is 0.588. The Morgan fingerprint density at radius 3 is 2.90 bits per heavy atom. The molecule has 0 amide bonds. The van der Waals surface area contributed by atoms with Crippen LogP contribution in [0, 0.1) is 0 Å². The molecule has 0 saturated carbocycles. The van der Waals surface area contributed by atoms with Crippen LogP contribution in [0.5, 0.6) is 0 Å². The predicted octanol–water partition coefficient (Wildman–Crippen LogP) is 3.29. The highest BCUT2D eigenvalue weighted by molar-refractivity contribution is 7.11. The zero-order chi connectivity index (χ0) is 13.8. The van der Waals surface area contributed by atoms with E-state index in [1.165, 1.54) is 20.9 Å². The molecule has 1 unspecified atom stereocenters. The maximum Gasteiger partial charge on any atom is 0.0300 e. The van der Waals surface area contributed by atoms with Gasteiger partial charge in [0, 0.05) is 41.9 Å². The van der Waals surface area contributed by atoms with Gasteiger partial charge in [-0.1, -0.05) is 31.2 Å². The Labute approximate surface area is 125 Å². The van der Waals surface area contributed by atoms with Crippen molar-refractivity contribution in [2.24, 2.45) is 0 Å². The van der Waals surface area contributed by atoms with Gasteiger partial charge in [0.2, 0.25) is 0 Å². The van der Waals surface area contributed by atoms with Crippen molar-refractivity contribution in [1.29, 1.82) is 0 Å². The Morgan fingerprint density at radius 2 is 2.05 bits per heavy atom. The second kappa shape index (κ2) is 6.53. The molecule has 1 atom stereocenters. The molecule has 1 aliphatic heterocycles. The van der Waals surface area contributed by atoms with Crippen LogP contribution >= 0.6 is 11.3 Å². The first-order chi connectivity index (χ1) is 9.86. The van der Waals surface area contributed by atoms with E-state index >= 15 is 0 Å². The topological polar surface area (TPSA) is 24.1 Å². The molecule has 3 rings (SSSR count). The molecule has 2 aromatic rings. The molecule has 0 aliphatic carbocycles. The normalized spacial score (nSPS) is 17.9. The summed E-state index contributed by atoms with van der Waals surface area (Å²) >= 11 is 1.93. The van der Waals surface area contributed by atoms with Gasteiger partial charge in [-0.05, 0) is 29.7 Å². The molecule has 2 N–H and O–H groups in total. The van der Waals surface area contributed by atoms with Gasteiger partial charge in [-0.15, -0.1) is 11.3 Å². The maximum absolute atomic E-state index is 3.62. The fraction of sp³-hybridized carbons (Fsp3) is 0.412. The van der Waals surface area contributed by atoms with E-state index in [1.54, 1.807) is 0 Å². The van der Waals surface area contributed by atoms with Crippen LogP contribution in [0.15, 0.2) is 36.4 Å². The second-order valence-electron chi connectivity index (χ2n) is 5.38. The molecule has 2 heterocycles. The van der Waals surface area contributed by atoms with Crippen molar-refractivity contribution in [1.82, 2.24) is 10.6 Å². The Morgan fingerprint density at radius 1 is 1.20 bits per heavy atom. The summed E-state index contributed by atoms with van der Waals surface area (Å²) in [7, 11) is 0. The Bertz CT molecular complexity index is 562. The van der Waals surface area contributed by atoms with E-state index < -0.39 is 0 Å². The summed E-state index contributed by atoms with van der Waals surface area (Å²) in [5.41, 5.74) is 2.97. The first-order valence-corrected chi connectivity index (χ1v) is 8.25. The lowest BCUT2D eigenvalue weighted by Gasteiger charge is -2.26. The van der Waals surface area contributed by atoms with Gasteiger partial charge in [0.25, 0.3) is 0 Å². The van der Waals surface area contributed by atoms with E-state index in [4.69, 9.17) is 0 Å². The molecular weight excluding hydrogens is 264 g/mol. The third-order valence-corrected chi connectivity index (χ3v) is 5.19. The van der Waals surface area contributed by atoms with Gasteiger partial charge in [0.1, 0.15) is 0 Å². The zero-order valence-electron chi connectivity index (χ0n) is 12.0. The first kappa shape index (κ1) is 13.8. The summed E-state index contributed by atoms with van der Waals surface area (Å²) in [5, 5.41) is 7.14. The monoisotopic (exact) mass is 286 g/mol. The van der Waals surface area contributed by atoms with Crippen molar-refractivity contribution in [2.75, 3.05) is 13.1 Å². The lowest BCUT2D eigenvalue weighted by molar-refractivity contribution is 0.504. The van der Waals surface area contributed by atoms with Gasteiger partial charge in [-0.25, -0.2) is 0 Å². The minimum Gasteiger partial charge on any atom is -0.312 e. The summed E-state index contributed by atoms with van der Waals surface area (Å²) in [6.45, 7) is 6.34. The third-order valence-electron chi connectivity index (χ3n) is 3.96. The van der Waals surface area contributed by atoms with Crippen LogP contribution in [0.25, 0.3) is 0 Å². The minimum absolute atomic E-state index is 0.588. The SMILES string of the molecule is CCc1ccc(CNCC2CNCc3ccccc32)s1. The van der Waals surface area contributed by atoms with Crippen LogP contribution in [-0.4, -0.2) is 13.1 Å². The van der Waals surface area contributed by atoms with Crippen LogP contribution in [0.3, 0.4) is 0 Å². The van der Waals surface area contributed by atoms with Crippen LogP contribution in [0.1, 0.15) is 33.7 Å². The number of nitrogens with one attached hydrogen (secondary N) is 2. The van der Waals surface area contributed by atoms with E-state index in [1.807, 2.05) is 11.3 Å². The number of benzene rings is 1. The number of fused-ring (bicyclic) bond motifs is 1. The van der Waals surface area contributed by atoms with Gasteiger partial charge in [-0.2, -0.15) is 0 Å². The summed E-state index contributed by atoms with van der Waals surface area (Å²) in [6, 6.07) is 13.3. The van der Waals surface area contributed by atoms with E-state index in [9.17, 15) is 0 Å². The molecule has 0 spiro atoms. The second-order valence-corrected chi connectivity index (χ2v) is 6.63. The number of aryl methyl sites for hydroxylation is 1. The molecule has 1 aromatic heterocycles. The number of hydrogen-bond acceptors (Lipinski definition) is 3. The van der Waals surface area contributed by atoms with Crippen molar-refractivity contribution in [3.8, 4) is 0 Å². The van der Waals surface area contributed by atoms with Crippen molar-refractivity contribution in [2.45, 2.75) is 32.4 Å². The molecular formula is C17H22N2S. The van der Waals surface area contributed by atoms with Gasteiger partial charge in [0.05, 0.1) is 0 Å². The Kier molecular flexibility index (Phi) is 4.51. The number of hydrogen-bond donors (Lipinski definition) is 2. The van der Waals surface area contributed by atoms with Crippen LogP contribution in [-0.2, 0) is 19.5 Å². The van der Waals surface area contributed by atoms with Crippen molar-refractivity contribution in [3.05, 3.63) is 57.3 Å². The van der Waals surface area contributed by atoms with E-state index in [2.05, 4.69) is 54.0 Å². The Balaban J connectivity index is 1.57. The quantitative estimate of drug-likeness (QED) is 0.881. The molecule has 0 fully saturated rings.